The van der Waals surface area contributed by atoms with Crippen molar-refractivity contribution in [1.29, 1.82) is 0 Å². The van der Waals surface area contributed by atoms with Gasteiger partial charge in [-0.1, -0.05) is 17.7 Å². The van der Waals surface area contributed by atoms with Gasteiger partial charge in [-0.15, -0.1) is 0 Å². The van der Waals surface area contributed by atoms with Crippen molar-refractivity contribution in [2.45, 2.75) is 26.8 Å². The van der Waals surface area contributed by atoms with Gasteiger partial charge in [0.05, 0.1) is 23.7 Å². The number of aromatic amines is 1. The second-order valence-electron chi connectivity index (χ2n) is 5.79. The maximum Gasteiger partial charge on any atom is 0.268 e. The van der Waals surface area contributed by atoms with Crippen LogP contribution in [-0.2, 0) is 0 Å². The number of nitrogens with zero attached hydrogens (tertiary/aromatic N) is 1. The van der Waals surface area contributed by atoms with E-state index in [1.165, 1.54) is 0 Å². The molecule has 0 aliphatic heterocycles. The van der Waals surface area contributed by atoms with E-state index < -0.39 is 0 Å². The van der Waals surface area contributed by atoms with Gasteiger partial charge in [-0.2, -0.15) is 0 Å². The number of H-pyrrole nitrogens is 1. The molecule has 24 heavy (non-hydrogen) atoms. The maximum absolute atomic E-state index is 12.5. The van der Waals surface area contributed by atoms with Crippen LogP contribution in [0.1, 0.15) is 41.5 Å². The molecule has 0 fully saturated rings. The van der Waals surface area contributed by atoms with Crippen molar-refractivity contribution in [3.05, 3.63) is 59.4 Å². The molecule has 5 heteroatoms. The molecule has 0 spiro atoms. The lowest BCUT2D eigenvalue weighted by molar-refractivity contribution is 0.0935. The lowest BCUT2D eigenvalue weighted by Gasteiger charge is -2.18. The fourth-order valence-corrected chi connectivity index (χ4v) is 2.72. The Morgan fingerprint density at radius 2 is 2.17 bits per heavy atom. The largest absolute Gasteiger partial charge is 0.494 e. The minimum absolute atomic E-state index is 0.163. The highest BCUT2D eigenvalue weighted by atomic mass is 16.5. The predicted octanol–water partition coefficient (Wildman–Crippen LogP) is 3.76. The fraction of sp³-hybridized carbons (Fsp3) is 0.263. The average Bonchev–Trinajstić information content (AvgIpc) is 3.01. The van der Waals surface area contributed by atoms with Crippen molar-refractivity contribution in [3.8, 4) is 5.75 Å². The highest BCUT2D eigenvalue weighted by molar-refractivity contribution is 5.97. The van der Waals surface area contributed by atoms with Gasteiger partial charge >= 0.3 is 0 Å². The molecule has 2 aromatic heterocycles. The van der Waals surface area contributed by atoms with Gasteiger partial charge in [-0.3, -0.25) is 9.78 Å². The summed E-state index contributed by atoms with van der Waals surface area (Å²) in [5.74, 6) is 0.638. The number of pyridine rings is 1. The van der Waals surface area contributed by atoms with Gasteiger partial charge < -0.3 is 15.0 Å². The first-order chi connectivity index (χ1) is 11.6. The molecule has 0 aliphatic rings. The predicted molar refractivity (Wildman–Crippen MR) is 94.3 cm³/mol. The molecule has 124 valence electrons. The summed E-state index contributed by atoms with van der Waals surface area (Å²) in [5.41, 5.74) is 4.23. The van der Waals surface area contributed by atoms with Gasteiger partial charge in [0.15, 0.2) is 0 Å². The first kappa shape index (κ1) is 16.1. The van der Waals surface area contributed by atoms with Crippen LogP contribution in [-0.4, -0.2) is 22.5 Å². The molecule has 3 aromatic rings. The third kappa shape index (κ3) is 3.25. The van der Waals surface area contributed by atoms with Gasteiger partial charge in [0, 0.05) is 11.8 Å². The SMILES string of the molecule is CCOc1ccc(C)cc1C(C)NC(=O)c1cc2ncccc2[nH]1. The molecule has 1 atom stereocenters. The Balaban J connectivity index is 1.82. The molecule has 3 rings (SSSR count). The van der Waals surface area contributed by atoms with Crippen LogP contribution in [0, 0.1) is 6.92 Å². The first-order valence-corrected chi connectivity index (χ1v) is 8.06. The third-order valence-electron chi connectivity index (χ3n) is 3.91. The highest BCUT2D eigenvalue weighted by Gasteiger charge is 2.17. The molecule has 1 unspecified atom stereocenters. The average molecular weight is 323 g/mol. The summed E-state index contributed by atoms with van der Waals surface area (Å²) in [6, 6.07) is 11.3. The third-order valence-corrected chi connectivity index (χ3v) is 3.91. The van der Waals surface area contributed by atoms with Crippen molar-refractivity contribution in [1.82, 2.24) is 15.3 Å². The standard InChI is InChI=1S/C19H21N3O2/c1-4-24-18-8-7-12(2)10-14(18)13(3)21-19(23)17-11-16-15(22-17)6-5-9-20-16/h5-11,13,22H,4H2,1-3H3,(H,21,23). The zero-order chi connectivity index (χ0) is 17.1. The van der Waals surface area contributed by atoms with Crippen LogP contribution in [0.5, 0.6) is 5.75 Å². The van der Waals surface area contributed by atoms with Crippen LogP contribution >= 0.6 is 0 Å². The molecule has 0 aliphatic carbocycles. The smallest absolute Gasteiger partial charge is 0.268 e. The van der Waals surface area contributed by atoms with Crippen LogP contribution in [0.25, 0.3) is 11.0 Å². The van der Waals surface area contributed by atoms with Crippen molar-refractivity contribution < 1.29 is 9.53 Å². The molecule has 2 heterocycles. The highest BCUT2D eigenvalue weighted by Crippen LogP contribution is 2.26. The van der Waals surface area contributed by atoms with E-state index >= 15 is 0 Å². The summed E-state index contributed by atoms with van der Waals surface area (Å²) < 4.78 is 5.68. The summed E-state index contributed by atoms with van der Waals surface area (Å²) in [6.45, 7) is 6.52. The van der Waals surface area contributed by atoms with Crippen LogP contribution in [0.2, 0.25) is 0 Å². The normalized spacial score (nSPS) is 12.1. The van der Waals surface area contributed by atoms with E-state index in [2.05, 4.69) is 15.3 Å². The number of rotatable bonds is 5. The Bertz CT molecular complexity index is 837. The summed E-state index contributed by atoms with van der Waals surface area (Å²) in [4.78, 5) is 19.9. The van der Waals surface area contributed by atoms with E-state index in [0.29, 0.717) is 12.3 Å². The number of amides is 1. The number of carbonyl (C=O) groups excluding carboxylic acids is 1. The van der Waals surface area contributed by atoms with E-state index in [4.69, 9.17) is 4.74 Å². The quantitative estimate of drug-likeness (QED) is 0.751. The molecular formula is C19H21N3O2. The Hall–Kier alpha value is -2.82. The first-order valence-electron chi connectivity index (χ1n) is 8.06. The number of nitrogens with one attached hydrogen (secondary N) is 2. The number of carbonyl (C=O) groups is 1. The Morgan fingerprint density at radius 1 is 1.33 bits per heavy atom. The summed E-state index contributed by atoms with van der Waals surface area (Å²) >= 11 is 0. The van der Waals surface area contributed by atoms with E-state index in [9.17, 15) is 4.79 Å². The number of aryl methyl sites for hydroxylation is 1. The molecule has 1 aromatic carbocycles. The lowest BCUT2D eigenvalue weighted by atomic mass is 10.0. The van der Waals surface area contributed by atoms with E-state index in [1.807, 2.05) is 51.1 Å². The summed E-state index contributed by atoms with van der Waals surface area (Å²) in [6.07, 6.45) is 1.71. The van der Waals surface area contributed by atoms with E-state index in [-0.39, 0.29) is 11.9 Å². The lowest BCUT2D eigenvalue weighted by Crippen LogP contribution is -2.27. The number of aromatic nitrogens is 2. The maximum atomic E-state index is 12.5. The molecule has 2 N–H and O–H groups in total. The van der Waals surface area contributed by atoms with Gasteiger partial charge in [-0.05, 0) is 45.0 Å². The monoisotopic (exact) mass is 323 g/mol. The van der Waals surface area contributed by atoms with Gasteiger partial charge in [0.25, 0.3) is 5.91 Å². The zero-order valence-electron chi connectivity index (χ0n) is 14.1. The van der Waals surface area contributed by atoms with Crippen molar-refractivity contribution in [3.63, 3.8) is 0 Å². The topological polar surface area (TPSA) is 67.0 Å². The number of hydrogen-bond acceptors (Lipinski definition) is 3. The van der Waals surface area contributed by atoms with Crippen molar-refractivity contribution in [2.24, 2.45) is 0 Å². The molecule has 5 nitrogen and oxygen atoms in total. The number of ether oxygens (including phenoxy) is 1. The molecule has 0 bridgehead atoms. The van der Waals surface area contributed by atoms with Gasteiger partial charge in [0.1, 0.15) is 11.4 Å². The molecule has 0 radical (unpaired) electrons. The van der Waals surface area contributed by atoms with E-state index in [0.717, 1.165) is 27.9 Å². The summed E-state index contributed by atoms with van der Waals surface area (Å²) in [5, 5.41) is 3.02. The van der Waals surface area contributed by atoms with Crippen LogP contribution in [0.3, 0.4) is 0 Å². The van der Waals surface area contributed by atoms with Crippen LogP contribution in [0.15, 0.2) is 42.6 Å². The second-order valence-corrected chi connectivity index (χ2v) is 5.79. The molecule has 0 saturated heterocycles. The fourth-order valence-electron chi connectivity index (χ4n) is 2.72. The van der Waals surface area contributed by atoms with E-state index in [1.54, 1.807) is 12.3 Å². The molecule has 0 saturated carbocycles. The second kappa shape index (κ2) is 6.74. The van der Waals surface area contributed by atoms with Crippen LogP contribution in [0.4, 0.5) is 0 Å². The van der Waals surface area contributed by atoms with Gasteiger partial charge in [-0.25, -0.2) is 0 Å². The van der Waals surface area contributed by atoms with Crippen molar-refractivity contribution in [2.75, 3.05) is 6.61 Å². The van der Waals surface area contributed by atoms with Crippen LogP contribution < -0.4 is 10.1 Å². The Labute approximate surface area is 141 Å². The van der Waals surface area contributed by atoms with Crippen molar-refractivity contribution >= 4 is 16.9 Å². The minimum atomic E-state index is -0.168. The molecular weight excluding hydrogens is 302 g/mol. The zero-order valence-corrected chi connectivity index (χ0v) is 14.1. The number of benzene rings is 1. The summed E-state index contributed by atoms with van der Waals surface area (Å²) in [7, 11) is 0. The molecule has 1 amide bonds. The number of hydrogen-bond donors (Lipinski definition) is 2. The Morgan fingerprint density at radius 3 is 2.92 bits per heavy atom. The van der Waals surface area contributed by atoms with Gasteiger partial charge in [0.2, 0.25) is 0 Å². The Kier molecular flexibility index (Phi) is 4.51. The number of fused-ring (bicyclic) bond motifs is 1. The minimum Gasteiger partial charge on any atom is -0.494 e.